The highest BCUT2D eigenvalue weighted by atomic mass is 16.3. The first-order chi connectivity index (χ1) is 9.25. The molecule has 1 saturated heterocycles. The number of likely N-dealkylation sites (tertiary alicyclic amines) is 1. The van der Waals surface area contributed by atoms with E-state index in [1.54, 1.807) is 11.8 Å². The van der Waals surface area contributed by atoms with Crippen LogP contribution in [0.15, 0.2) is 17.1 Å². The van der Waals surface area contributed by atoms with Gasteiger partial charge in [-0.25, -0.2) is 0 Å². The number of aliphatic hydroxyl groups is 1. The lowest BCUT2D eigenvalue weighted by Crippen LogP contribution is -2.43. The van der Waals surface area contributed by atoms with Crippen molar-refractivity contribution in [2.45, 2.75) is 33.3 Å². The molecule has 2 N–H and O–H groups in total. The summed E-state index contributed by atoms with van der Waals surface area (Å²) in [4.78, 5) is 28.8. The number of nitrogens with zero attached hydrogens (tertiary/aromatic N) is 1. The molecule has 0 spiro atoms. The van der Waals surface area contributed by atoms with E-state index in [9.17, 15) is 14.7 Å². The Bertz CT molecular complexity index is 579. The highest BCUT2D eigenvalue weighted by Crippen LogP contribution is 2.34. The summed E-state index contributed by atoms with van der Waals surface area (Å²) < 4.78 is 0. The quantitative estimate of drug-likeness (QED) is 0.852. The van der Waals surface area contributed by atoms with Crippen LogP contribution in [0.4, 0.5) is 0 Å². The van der Waals surface area contributed by atoms with Gasteiger partial charge >= 0.3 is 0 Å². The van der Waals surface area contributed by atoms with Gasteiger partial charge in [0.1, 0.15) is 5.56 Å². The van der Waals surface area contributed by atoms with Crippen molar-refractivity contribution in [1.82, 2.24) is 9.88 Å². The Labute approximate surface area is 118 Å². The molecule has 110 valence electrons. The van der Waals surface area contributed by atoms with Gasteiger partial charge in [0.2, 0.25) is 0 Å². The van der Waals surface area contributed by atoms with Crippen LogP contribution in [0.25, 0.3) is 0 Å². The molecule has 1 aromatic heterocycles. The van der Waals surface area contributed by atoms with E-state index in [1.807, 2.05) is 20.8 Å². The van der Waals surface area contributed by atoms with E-state index >= 15 is 0 Å². The third-order valence-electron chi connectivity index (χ3n) is 4.37. The molecule has 0 bridgehead atoms. The number of amides is 1. The van der Waals surface area contributed by atoms with Gasteiger partial charge in [0.05, 0.1) is 12.1 Å². The first kappa shape index (κ1) is 14.8. The van der Waals surface area contributed by atoms with Crippen LogP contribution in [-0.4, -0.2) is 39.6 Å². The third kappa shape index (κ3) is 2.38. The molecule has 5 nitrogen and oxygen atoms in total. The minimum atomic E-state index is -0.882. The van der Waals surface area contributed by atoms with E-state index in [4.69, 9.17) is 0 Å². The van der Waals surface area contributed by atoms with Crippen LogP contribution in [0.1, 0.15) is 36.8 Å². The molecule has 1 aromatic rings. The number of pyridine rings is 1. The molecule has 1 amide bonds. The largest absolute Gasteiger partial charge is 0.387 e. The number of rotatable bonds is 2. The molecule has 0 aromatic carbocycles. The highest BCUT2D eigenvalue weighted by molar-refractivity contribution is 5.94. The predicted octanol–water partition coefficient (Wildman–Crippen LogP) is 1.16. The van der Waals surface area contributed by atoms with E-state index in [0.717, 1.165) is 5.69 Å². The fourth-order valence-electron chi connectivity index (χ4n) is 2.83. The van der Waals surface area contributed by atoms with Gasteiger partial charge in [0.25, 0.3) is 5.91 Å². The van der Waals surface area contributed by atoms with Crippen LogP contribution in [0.5, 0.6) is 0 Å². The first-order valence-corrected chi connectivity index (χ1v) is 6.96. The molecule has 1 aliphatic rings. The predicted molar refractivity (Wildman–Crippen MR) is 76.7 cm³/mol. The lowest BCUT2D eigenvalue weighted by Gasteiger charge is -2.30. The van der Waals surface area contributed by atoms with E-state index < -0.39 is 5.60 Å². The number of H-pyrrole nitrogens is 1. The number of hydrogen-bond donors (Lipinski definition) is 2. The maximum Gasteiger partial charge on any atom is 0.259 e. The summed E-state index contributed by atoms with van der Waals surface area (Å²) in [6.07, 6.45) is 1.46. The van der Waals surface area contributed by atoms with Gasteiger partial charge in [0.15, 0.2) is 5.43 Å². The number of hydrogen-bond acceptors (Lipinski definition) is 3. The van der Waals surface area contributed by atoms with Crippen molar-refractivity contribution in [3.8, 4) is 0 Å². The molecule has 1 fully saturated rings. The average molecular weight is 278 g/mol. The molecule has 2 atom stereocenters. The molecule has 0 radical (unpaired) electrons. The molecule has 0 saturated carbocycles. The number of aromatic amines is 1. The lowest BCUT2D eigenvalue weighted by atomic mass is 9.82. The van der Waals surface area contributed by atoms with Crippen molar-refractivity contribution in [2.75, 3.05) is 13.1 Å². The standard InChI is InChI=1S/C15H22N2O3/c1-9(2)15(20)8-17(7-10(15)3)14(19)12-6-16-11(4)5-13(12)18/h5-6,9-10,20H,7-8H2,1-4H3,(H,16,18)/t10-,15-/m1/s1. The molecule has 1 aliphatic heterocycles. The van der Waals surface area contributed by atoms with Crippen molar-refractivity contribution in [3.63, 3.8) is 0 Å². The minimum Gasteiger partial charge on any atom is -0.387 e. The van der Waals surface area contributed by atoms with Gasteiger partial charge < -0.3 is 15.0 Å². The lowest BCUT2D eigenvalue weighted by molar-refractivity contribution is -0.0244. The minimum absolute atomic E-state index is 0.00372. The number of carbonyl (C=O) groups excluding carboxylic acids is 1. The topological polar surface area (TPSA) is 73.4 Å². The molecular formula is C15H22N2O3. The smallest absolute Gasteiger partial charge is 0.259 e. The average Bonchev–Trinajstić information content (AvgIpc) is 2.66. The summed E-state index contributed by atoms with van der Waals surface area (Å²) in [5.41, 5.74) is -0.303. The van der Waals surface area contributed by atoms with E-state index in [2.05, 4.69) is 4.98 Å². The van der Waals surface area contributed by atoms with Crippen molar-refractivity contribution in [2.24, 2.45) is 11.8 Å². The first-order valence-electron chi connectivity index (χ1n) is 6.96. The van der Waals surface area contributed by atoms with Gasteiger partial charge in [-0.05, 0) is 12.8 Å². The fraction of sp³-hybridized carbons (Fsp3) is 0.600. The van der Waals surface area contributed by atoms with E-state index in [0.29, 0.717) is 6.54 Å². The summed E-state index contributed by atoms with van der Waals surface area (Å²) in [7, 11) is 0. The molecule has 2 heterocycles. The van der Waals surface area contributed by atoms with Crippen molar-refractivity contribution in [1.29, 1.82) is 0 Å². The molecule has 0 unspecified atom stereocenters. The Morgan fingerprint density at radius 1 is 1.55 bits per heavy atom. The Morgan fingerprint density at radius 2 is 2.20 bits per heavy atom. The zero-order valence-corrected chi connectivity index (χ0v) is 12.4. The van der Waals surface area contributed by atoms with Crippen LogP contribution < -0.4 is 5.43 Å². The van der Waals surface area contributed by atoms with Gasteiger partial charge in [-0.2, -0.15) is 0 Å². The Balaban J connectivity index is 2.26. The van der Waals surface area contributed by atoms with Crippen molar-refractivity contribution < 1.29 is 9.90 Å². The van der Waals surface area contributed by atoms with Crippen LogP contribution in [0.2, 0.25) is 0 Å². The van der Waals surface area contributed by atoms with Crippen LogP contribution >= 0.6 is 0 Å². The molecule has 0 aliphatic carbocycles. The summed E-state index contributed by atoms with van der Waals surface area (Å²) in [5, 5.41) is 10.6. The Hall–Kier alpha value is -1.62. The normalized spacial score (nSPS) is 26.3. The second kappa shape index (κ2) is 5.05. The van der Waals surface area contributed by atoms with Gasteiger partial charge in [-0.15, -0.1) is 0 Å². The summed E-state index contributed by atoms with van der Waals surface area (Å²) >= 11 is 0. The van der Waals surface area contributed by atoms with Crippen molar-refractivity contribution in [3.05, 3.63) is 33.7 Å². The van der Waals surface area contributed by atoms with Crippen molar-refractivity contribution >= 4 is 5.91 Å². The van der Waals surface area contributed by atoms with Crippen LogP contribution in [-0.2, 0) is 0 Å². The second-order valence-corrected chi connectivity index (χ2v) is 6.13. The third-order valence-corrected chi connectivity index (χ3v) is 4.37. The van der Waals surface area contributed by atoms with Gasteiger partial charge in [-0.3, -0.25) is 9.59 Å². The molecule has 5 heteroatoms. The summed E-state index contributed by atoms with van der Waals surface area (Å²) in [6, 6.07) is 1.42. The van der Waals surface area contributed by atoms with Gasteiger partial charge in [-0.1, -0.05) is 20.8 Å². The Kier molecular flexibility index (Phi) is 3.73. The molecule has 2 rings (SSSR count). The maximum atomic E-state index is 12.4. The summed E-state index contributed by atoms with van der Waals surface area (Å²) in [6.45, 7) is 8.35. The van der Waals surface area contributed by atoms with Crippen LogP contribution in [0, 0.1) is 18.8 Å². The summed E-state index contributed by atoms with van der Waals surface area (Å²) in [5.74, 6) is -0.253. The number of carbonyl (C=O) groups is 1. The highest BCUT2D eigenvalue weighted by Gasteiger charge is 2.46. The monoisotopic (exact) mass is 278 g/mol. The van der Waals surface area contributed by atoms with Gasteiger partial charge in [0, 0.05) is 30.4 Å². The molecular weight excluding hydrogens is 256 g/mol. The number of aromatic nitrogens is 1. The maximum absolute atomic E-state index is 12.4. The van der Waals surface area contributed by atoms with Crippen LogP contribution in [0.3, 0.4) is 0 Å². The Morgan fingerprint density at radius 3 is 2.70 bits per heavy atom. The molecule has 20 heavy (non-hydrogen) atoms. The zero-order valence-electron chi connectivity index (χ0n) is 12.4. The number of aryl methyl sites for hydroxylation is 1. The zero-order chi connectivity index (χ0) is 15.1. The number of nitrogens with one attached hydrogen (secondary N) is 1. The SMILES string of the molecule is Cc1cc(=O)c(C(=O)N2C[C@@H](C)[C@](O)(C(C)C)C2)c[nH]1. The fourth-order valence-corrected chi connectivity index (χ4v) is 2.83. The number of β-amino-alcohol motifs (C(OH)–C–C–N with tert-alkyl or cyclic N) is 1. The second-order valence-electron chi connectivity index (χ2n) is 6.13. The van der Waals surface area contributed by atoms with E-state index in [-0.39, 0.29) is 35.3 Å². The van der Waals surface area contributed by atoms with E-state index in [1.165, 1.54) is 12.3 Å².